The quantitative estimate of drug-likeness (QED) is 0.834. The lowest BCUT2D eigenvalue weighted by Crippen LogP contribution is -2.48. The molecule has 1 aliphatic carbocycles. The molecule has 1 amide bonds. The van der Waals surface area contributed by atoms with Gasteiger partial charge >= 0.3 is 0 Å². The number of amides is 1. The fourth-order valence-corrected chi connectivity index (χ4v) is 5.29. The van der Waals surface area contributed by atoms with Gasteiger partial charge in [0.15, 0.2) is 0 Å². The van der Waals surface area contributed by atoms with E-state index < -0.39 is 17.2 Å². The molecule has 27 heavy (non-hydrogen) atoms. The minimum Gasteiger partial charge on any atom is -0.383 e. The minimum absolute atomic E-state index is 0.208. The van der Waals surface area contributed by atoms with Crippen molar-refractivity contribution < 1.29 is 4.79 Å². The van der Waals surface area contributed by atoms with Crippen molar-refractivity contribution >= 4 is 22.7 Å². The summed E-state index contributed by atoms with van der Waals surface area (Å²) < 4.78 is 0. The predicted octanol–water partition coefficient (Wildman–Crippen LogP) is 2.95. The van der Waals surface area contributed by atoms with E-state index in [-0.39, 0.29) is 5.82 Å². The highest BCUT2D eigenvalue weighted by Crippen LogP contribution is 2.52. The molecule has 1 atom stereocenters. The molecule has 6 nitrogen and oxygen atoms in total. The van der Waals surface area contributed by atoms with E-state index in [4.69, 9.17) is 16.7 Å². The van der Waals surface area contributed by atoms with Crippen LogP contribution in [0.4, 0.5) is 0 Å². The molecule has 1 fully saturated rings. The fraction of sp³-hybridized carbons (Fsp3) is 0.400. The zero-order valence-electron chi connectivity index (χ0n) is 14.9. The number of benzene rings is 1. The molecule has 1 aromatic carbocycles. The molecule has 3 rings (SSSR count). The fourth-order valence-electron chi connectivity index (χ4n) is 4.11. The average molecular weight is 379 g/mol. The van der Waals surface area contributed by atoms with Gasteiger partial charge in [-0.2, -0.15) is 10.5 Å². The van der Waals surface area contributed by atoms with Crippen molar-refractivity contribution in [3.05, 3.63) is 46.8 Å². The molecule has 1 aromatic rings. The number of primary amides is 1. The van der Waals surface area contributed by atoms with Crippen molar-refractivity contribution in [3.8, 4) is 12.1 Å². The molecule has 0 bridgehead atoms. The van der Waals surface area contributed by atoms with Crippen molar-refractivity contribution in [2.45, 2.75) is 37.9 Å². The molecule has 1 heterocycles. The van der Waals surface area contributed by atoms with Crippen LogP contribution in [0.5, 0.6) is 0 Å². The van der Waals surface area contributed by atoms with E-state index in [2.05, 4.69) is 17.1 Å². The average Bonchev–Trinajstić information content (AvgIpc) is 2.67. The number of hydrogen-bond acceptors (Lipinski definition) is 6. The maximum Gasteiger partial charge on any atom is 0.228 e. The Morgan fingerprint density at radius 1 is 1.19 bits per heavy atom. The topological polar surface area (TPSA) is 129 Å². The van der Waals surface area contributed by atoms with Crippen molar-refractivity contribution in [1.29, 1.82) is 10.5 Å². The molecule has 1 saturated carbocycles. The first kappa shape index (κ1) is 19.0. The lowest BCUT2D eigenvalue weighted by atomic mass is 9.61. The summed E-state index contributed by atoms with van der Waals surface area (Å²) in [6.45, 7) is 0. The molecule has 1 unspecified atom stereocenters. The lowest BCUT2D eigenvalue weighted by molar-refractivity contribution is -0.123. The minimum atomic E-state index is -0.627. The second kappa shape index (κ2) is 7.85. The van der Waals surface area contributed by atoms with Crippen LogP contribution >= 0.6 is 11.8 Å². The first-order valence-electron chi connectivity index (χ1n) is 8.92. The standard InChI is InChI=1S/C20H21N5OS/c21-10-13-4-6-14(7-5-13)12-27-19-16(18(24)26)20(8-2-1-3-9-20)15(11-22)17(23)25-19/h4-7,16H,1-3,8-9,12,23H2,(H2,24,26). The Balaban J connectivity index is 1.92. The monoisotopic (exact) mass is 379 g/mol. The van der Waals surface area contributed by atoms with E-state index in [0.29, 0.717) is 21.9 Å². The molecule has 2 aliphatic rings. The number of nitrogens with zero attached hydrogens (tertiary/aromatic N) is 3. The van der Waals surface area contributed by atoms with Gasteiger partial charge in [-0.1, -0.05) is 31.4 Å². The summed E-state index contributed by atoms with van der Waals surface area (Å²) in [7, 11) is 0. The van der Waals surface area contributed by atoms with Gasteiger partial charge in [0.25, 0.3) is 0 Å². The van der Waals surface area contributed by atoms with Crippen LogP contribution in [0.2, 0.25) is 0 Å². The van der Waals surface area contributed by atoms with Gasteiger partial charge in [0.1, 0.15) is 5.82 Å². The van der Waals surface area contributed by atoms with Gasteiger partial charge in [-0.05, 0) is 30.5 Å². The molecule has 0 aromatic heterocycles. The third-order valence-corrected chi connectivity index (χ3v) is 6.50. The van der Waals surface area contributed by atoms with Crippen LogP contribution in [0.3, 0.4) is 0 Å². The number of allylic oxidation sites excluding steroid dienone is 1. The van der Waals surface area contributed by atoms with Crippen LogP contribution in [0, 0.1) is 34.0 Å². The normalized spacial score (nSPS) is 21.3. The van der Waals surface area contributed by atoms with E-state index in [1.807, 2.05) is 12.1 Å². The molecule has 1 aliphatic heterocycles. The Hall–Kier alpha value is -2.77. The lowest BCUT2D eigenvalue weighted by Gasteiger charge is -2.44. The number of hydrogen-bond donors (Lipinski definition) is 2. The highest BCUT2D eigenvalue weighted by atomic mass is 32.2. The van der Waals surface area contributed by atoms with Crippen molar-refractivity contribution in [3.63, 3.8) is 0 Å². The Morgan fingerprint density at radius 3 is 2.41 bits per heavy atom. The summed E-state index contributed by atoms with van der Waals surface area (Å²) in [6, 6.07) is 11.6. The highest BCUT2D eigenvalue weighted by Gasteiger charge is 2.51. The van der Waals surface area contributed by atoms with Gasteiger partial charge in [-0.3, -0.25) is 4.79 Å². The smallest absolute Gasteiger partial charge is 0.228 e. The second-order valence-electron chi connectivity index (χ2n) is 6.97. The zero-order valence-corrected chi connectivity index (χ0v) is 15.8. The number of rotatable bonds is 3. The summed E-state index contributed by atoms with van der Waals surface area (Å²) in [6.07, 6.45) is 4.41. The number of nitrogens with two attached hydrogens (primary N) is 2. The van der Waals surface area contributed by atoms with Crippen LogP contribution in [0.15, 0.2) is 40.7 Å². The summed E-state index contributed by atoms with van der Waals surface area (Å²) in [5.74, 6) is -0.287. The van der Waals surface area contributed by atoms with Gasteiger partial charge < -0.3 is 11.5 Å². The SMILES string of the molecule is N#CC1=C(N)N=C(SCc2ccc(C#N)cc2)C(C(N)=O)C12CCCCC2. The Morgan fingerprint density at radius 2 is 1.85 bits per heavy atom. The van der Waals surface area contributed by atoms with Crippen LogP contribution in [-0.2, 0) is 10.5 Å². The largest absolute Gasteiger partial charge is 0.383 e. The van der Waals surface area contributed by atoms with E-state index in [9.17, 15) is 10.1 Å². The number of carbonyl (C=O) groups is 1. The molecular formula is C20H21N5OS. The highest BCUT2D eigenvalue weighted by molar-refractivity contribution is 8.13. The van der Waals surface area contributed by atoms with Gasteiger partial charge in [-0.15, -0.1) is 11.8 Å². The summed E-state index contributed by atoms with van der Waals surface area (Å²) >= 11 is 1.43. The van der Waals surface area contributed by atoms with Gasteiger partial charge in [0, 0.05) is 11.2 Å². The Labute approximate surface area is 162 Å². The van der Waals surface area contributed by atoms with Crippen molar-refractivity contribution in [2.75, 3.05) is 0 Å². The Bertz CT molecular complexity index is 882. The maximum absolute atomic E-state index is 12.4. The molecule has 4 N–H and O–H groups in total. The number of thioether (sulfide) groups is 1. The summed E-state index contributed by atoms with van der Waals surface area (Å²) in [4.78, 5) is 16.8. The van der Waals surface area contributed by atoms with Gasteiger partial charge in [0.2, 0.25) is 5.91 Å². The number of nitriles is 2. The van der Waals surface area contributed by atoms with Crippen LogP contribution in [0.1, 0.15) is 43.2 Å². The molecule has 1 spiro atoms. The van der Waals surface area contributed by atoms with Crippen LogP contribution in [-0.4, -0.2) is 11.0 Å². The number of aliphatic imine (C=N–C) groups is 1. The van der Waals surface area contributed by atoms with E-state index in [0.717, 1.165) is 37.7 Å². The summed E-state index contributed by atoms with van der Waals surface area (Å²) in [5, 5.41) is 19.2. The van der Waals surface area contributed by atoms with Gasteiger partial charge in [-0.25, -0.2) is 4.99 Å². The van der Waals surface area contributed by atoms with E-state index >= 15 is 0 Å². The van der Waals surface area contributed by atoms with Crippen molar-refractivity contribution in [1.82, 2.24) is 0 Å². The molecule has 0 saturated heterocycles. The molecule has 138 valence electrons. The molecular weight excluding hydrogens is 358 g/mol. The van der Waals surface area contributed by atoms with E-state index in [1.54, 1.807) is 12.1 Å². The van der Waals surface area contributed by atoms with Crippen LogP contribution < -0.4 is 11.5 Å². The third kappa shape index (κ3) is 3.56. The first-order valence-corrected chi connectivity index (χ1v) is 9.90. The predicted molar refractivity (Wildman–Crippen MR) is 105 cm³/mol. The maximum atomic E-state index is 12.4. The first-order chi connectivity index (χ1) is 13.0. The third-order valence-electron chi connectivity index (χ3n) is 5.40. The second-order valence-corrected chi connectivity index (χ2v) is 7.97. The van der Waals surface area contributed by atoms with Crippen LogP contribution in [0.25, 0.3) is 0 Å². The molecule has 7 heteroatoms. The Kier molecular flexibility index (Phi) is 5.53. The summed E-state index contributed by atoms with van der Waals surface area (Å²) in [5.41, 5.74) is 13.3. The van der Waals surface area contributed by atoms with Gasteiger partial charge in [0.05, 0.1) is 34.2 Å². The van der Waals surface area contributed by atoms with Crippen molar-refractivity contribution in [2.24, 2.45) is 27.8 Å². The number of carbonyl (C=O) groups excluding carboxylic acids is 1. The molecule has 0 radical (unpaired) electrons. The van der Waals surface area contributed by atoms with E-state index in [1.165, 1.54) is 11.8 Å². The zero-order chi connectivity index (χ0) is 19.4.